The normalized spacial score (nSPS) is 11.7. The summed E-state index contributed by atoms with van der Waals surface area (Å²) < 4.78 is 0. The number of hydrogen-bond donors (Lipinski definition) is 0. The molecule has 110 valence electrons. The van der Waals surface area contributed by atoms with Crippen molar-refractivity contribution in [2.75, 3.05) is 0 Å². The second-order valence-corrected chi connectivity index (χ2v) is 7.89. The van der Waals surface area contributed by atoms with Crippen LogP contribution in [0, 0.1) is 13.8 Å². The smallest absolute Gasteiger partial charge is 0.0652 e. The van der Waals surface area contributed by atoms with Crippen LogP contribution in [0.1, 0.15) is 11.1 Å². The minimum atomic E-state index is 0.623. The maximum atomic E-state index is 4.87. The van der Waals surface area contributed by atoms with Gasteiger partial charge in [0.05, 0.1) is 10.9 Å². The zero-order chi connectivity index (χ0) is 15.4. The third-order valence-electron chi connectivity index (χ3n) is 3.56. The summed E-state index contributed by atoms with van der Waals surface area (Å²) in [6, 6.07) is 23.5. The van der Waals surface area contributed by atoms with Crippen LogP contribution in [-0.4, -0.2) is 4.98 Å². The first-order chi connectivity index (χ1) is 10.7. The second-order valence-electron chi connectivity index (χ2n) is 5.29. The molecule has 0 N–H and O–H groups in total. The van der Waals surface area contributed by atoms with E-state index in [0.717, 1.165) is 0 Å². The fourth-order valence-corrected chi connectivity index (χ4v) is 4.57. The molecule has 0 bridgehead atoms. The number of nitrogens with zero attached hydrogens (tertiary/aromatic N) is 1. The summed E-state index contributed by atoms with van der Waals surface area (Å²) in [6.07, 6.45) is 0. The maximum Gasteiger partial charge on any atom is 0.0652 e. The van der Waals surface area contributed by atoms with Crippen LogP contribution in [0.3, 0.4) is 0 Å². The Morgan fingerprint density at radius 1 is 0.591 bits per heavy atom. The number of benzene rings is 2. The summed E-state index contributed by atoms with van der Waals surface area (Å²) in [5.74, 6) is 0. The Morgan fingerprint density at radius 3 is 1.50 bits per heavy atom. The first-order valence-corrected chi connectivity index (χ1v) is 9.35. The molecule has 0 fully saturated rings. The molecule has 1 heterocycles. The van der Waals surface area contributed by atoms with E-state index < -0.39 is 0 Å². The van der Waals surface area contributed by atoms with Crippen molar-refractivity contribution in [3.05, 3.63) is 77.9 Å². The molecule has 0 aliphatic heterocycles. The Labute approximate surface area is 135 Å². The number of pyridine rings is 1. The van der Waals surface area contributed by atoms with Gasteiger partial charge in [-0.15, -0.1) is 0 Å². The van der Waals surface area contributed by atoms with Crippen molar-refractivity contribution in [1.82, 2.24) is 4.98 Å². The van der Waals surface area contributed by atoms with Crippen molar-refractivity contribution in [2.24, 2.45) is 0 Å². The van der Waals surface area contributed by atoms with Crippen LogP contribution in [0.2, 0.25) is 0 Å². The van der Waals surface area contributed by atoms with Crippen LogP contribution in [0.5, 0.6) is 0 Å². The van der Waals surface area contributed by atoms with Gasteiger partial charge in [-0.25, -0.2) is 4.98 Å². The minimum Gasteiger partial charge on any atom is -0.248 e. The zero-order valence-corrected chi connectivity index (χ0v) is 14.8. The van der Waals surface area contributed by atoms with Crippen molar-refractivity contribution in [3.63, 3.8) is 0 Å². The highest BCUT2D eigenvalue weighted by Gasteiger charge is 2.04. The molecule has 0 spiro atoms. The van der Waals surface area contributed by atoms with Crippen LogP contribution >= 0.6 is 17.2 Å². The quantitative estimate of drug-likeness (QED) is 0.673. The Bertz CT molecular complexity index is 721. The lowest BCUT2D eigenvalue weighted by molar-refractivity contribution is 1.46. The van der Waals surface area contributed by atoms with Gasteiger partial charge in [0.2, 0.25) is 0 Å². The summed E-state index contributed by atoms with van der Waals surface area (Å²) in [7, 11) is 1.25. The Morgan fingerprint density at radius 2 is 1.05 bits per heavy atom. The maximum absolute atomic E-state index is 4.87. The zero-order valence-electron chi connectivity index (χ0n) is 12.8. The first kappa shape index (κ1) is 15.3. The summed E-state index contributed by atoms with van der Waals surface area (Å²) in [4.78, 5) is 4.87. The van der Waals surface area contributed by atoms with Crippen LogP contribution in [-0.2, 0) is 0 Å². The lowest BCUT2D eigenvalue weighted by Crippen LogP contribution is -2.18. The molecule has 3 rings (SSSR count). The van der Waals surface area contributed by atoms with Crippen LogP contribution in [0.4, 0.5) is 0 Å². The average Bonchev–Trinajstić information content (AvgIpc) is 2.52. The fourth-order valence-electron chi connectivity index (χ4n) is 2.28. The lowest BCUT2D eigenvalue weighted by Gasteiger charge is -2.08. The van der Waals surface area contributed by atoms with Crippen molar-refractivity contribution < 1.29 is 0 Å². The molecule has 2 aromatic carbocycles. The van der Waals surface area contributed by atoms with Gasteiger partial charge in [0.15, 0.2) is 0 Å². The summed E-state index contributed by atoms with van der Waals surface area (Å²) in [5.41, 5.74) is 5.03. The predicted octanol–water partition coefficient (Wildman–Crippen LogP) is 2.96. The van der Waals surface area contributed by atoms with E-state index in [1.807, 2.05) is 0 Å². The Kier molecular flexibility index (Phi) is 4.98. The summed E-state index contributed by atoms with van der Waals surface area (Å²) >= 11 is 0. The van der Waals surface area contributed by atoms with E-state index in [2.05, 4.69) is 80.6 Å². The van der Waals surface area contributed by atoms with Crippen molar-refractivity contribution in [3.8, 4) is 0 Å². The highest BCUT2D eigenvalue weighted by atomic mass is 31.1. The number of aryl methyl sites for hydroxylation is 2. The number of aromatic nitrogens is 1. The molecular formula is C19H19NP2. The minimum absolute atomic E-state index is 0.623. The lowest BCUT2D eigenvalue weighted by atomic mass is 10.2. The molecule has 0 saturated heterocycles. The highest BCUT2D eigenvalue weighted by Crippen LogP contribution is 2.14. The van der Waals surface area contributed by atoms with Crippen molar-refractivity contribution in [1.29, 1.82) is 0 Å². The third-order valence-corrected chi connectivity index (χ3v) is 6.29. The number of hydrogen-bond acceptors (Lipinski definition) is 1. The van der Waals surface area contributed by atoms with E-state index in [4.69, 9.17) is 4.98 Å². The van der Waals surface area contributed by atoms with Gasteiger partial charge < -0.3 is 0 Å². The third kappa shape index (κ3) is 3.80. The van der Waals surface area contributed by atoms with Gasteiger partial charge in [-0.2, -0.15) is 0 Å². The standard InChI is InChI=1S/C19H19NP2/c1-14-8-3-5-10-16(14)21-18-12-7-13-19(20-18)22-17-11-6-4-9-15(17)2/h3-13,21-22H,1-2H3. The molecule has 2 unspecified atom stereocenters. The predicted molar refractivity (Wildman–Crippen MR) is 102 cm³/mol. The first-order valence-electron chi connectivity index (χ1n) is 7.35. The summed E-state index contributed by atoms with van der Waals surface area (Å²) in [5, 5.41) is 2.76. The van der Waals surface area contributed by atoms with E-state index in [0.29, 0.717) is 17.2 Å². The van der Waals surface area contributed by atoms with Crippen LogP contribution < -0.4 is 21.5 Å². The van der Waals surface area contributed by atoms with Crippen molar-refractivity contribution >= 4 is 38.6 Å². The van der Waals surface area contributed by atoms with E-state index in [-0.39, 0.29) is 0 Å². The molecule has 1 aromatic heterocycles. The molecule has 3 heteroatoms. The molecule has 0 aliphatic rings. The molecule has 0 aliphatic carbocycles. The largest absolute Gasteiger partial charge is 0.248 e. The number of rotatable bonds is 4. The van der Waals surface area contributed by atoms with Crippen LogP contribution in [0.15, 0.2) is 66.7 Å². The van der Waals surface area contributed by atoms with E-state index >= 15 is 0 Å². The monoisotopic (exact) mass is 323 g/mol. The second kappa shape index (κ2) is 7.14. The fraction of sp³-hybridized carbons (Fsp3) is 0.105. The molecule has 0 saturated carbocycles. The van der Waals surface area contributed by atoms with Gasteiger partial charge >= 0.3 is 0 Å². The molecular weight excluding hydrogens is 304 g/mol. The van der Waals surface area contributed by atoms with Gasteiger partial charge in [0.1, 0.15) is 0 Å². The van der Waals surface area contributed by atoms with Gasteiger partial charge in [-0.1, -0.05) is 54.6 Å². The average molecular weight is 323 g/mol. The van der Waals surface area contributed by atoms with E-state index in [1.54, 1.807) is 0 Å². The van der Waals surface area contributed by atoms with E-state index in [1.165, 1.54) is 32.6 Å². The molecule has 3 aromatic rings. The summed E-state index contributed by atoms with van der Waals surface area (Å²) in [6.45, 7) is 4.34. The molecule has 0 amide bonds. The Balaban J connectivity index is 1.81. The van der Waals surface area contributed by atoms with Gasteiger partial charge in [0.25, 0.3) is 0 Å². The van der Waals surface area contributed by atoms with Crippen molar-refractivity contribution in [2.45, 2.75) is 13.8 Å². The highest BCUT2D eigenvalue weighted by molar-refractivity contribution is 7.56. The molecule has 1 nitrogen and oxygen atoms in total. The molecule has 22 heavy (non-hydrogen) atoms. The molecule has 0 radical (unpaired) electrons. The van der Waals surface area contributed by atoms with E-state index in [9.17, 15) is 0 Å². The topological polar surface area (TPSA) is 12.9 Å². The Hall–Kier alpha value is -1.55. The SMILES string of the molecule is Cc1ccccc1Pc1cccc(Pc2ccccc2C)n1. The van der Waals surface area contributed by atoms with Gasteiger partial charge in [-0.05, 0) is 64.9 Å². The van der Waals surface area contributed by atoms with Crippen LogP contribution in [0.25, 0.3) is 0 Å². The van der Waals surface area contributed by atoms with Gasteiger partial charge in [-0.3, -0.25) is 0 Å². The van der Waals surface area contributed by atoms with Gasteiger partial charge in [0, 0.05) is 0 Å². The molecule has 2 atom stereocenters.